The summed E-state index contributed by atoms with van der Waals surface area (Å²) < 4.78 is 38.2. The molecule has 94 valence electrons. The molecule has 17 heavy (non-hydrogen) atoms. The maximum Gasteiger partial charge on any atom is 0.243 e. The largest absolute Gasteiger partial charge is 0.392 e. The van der Waals surface area contributed by atoms with Gasteiger partial charge in [-0.1, -0.05) is 6.08 Å². The molecule has 0 atom stereocenters. The summed E-state index contributed by atoms with van der Waals surface area (Å²) in [7, 11) is -2.26. The molecule has 0 spiro atoms. The fourth-order valence-electron chi connectivity index (χ4n) is 1.29. The van der Waals surface area contributed by atoms with E-state index in [2.05, 4.69) is 6.58 Å². The van der Waals surface area contributed by atoms with Crippen LogP contribution in [0.5, 0.6) is 0 Å². The Morgan fingerprint density at radius 3 is 2.71 bits per heavy atom. The van der Waals surface area contributed by atoms with Gasteiger partial charge in [-0.05, 0) is 18.2 Å². The van der Waals surface area contributed by atoms with Gasteiger partial charge in [0.05, 0.1) is 11.5 Å². The van der Waals surface area contributed by atoms with E-state index < -0.39 is 22.4 Å². The van der Waals surface area contributed by atoms with Crippen LogP contribution < -0.4 is 0 Å². The van der Waals surface area contributed by atoms with Gasteiger partial charge in [0.15, 0.2) is 0 Å². The van der Waals surface area contributed by atoms with Crippen molar-refractivity contribution in [2.45, 2.75) is 11.5 Å². The number of hydrogen-bond donors (Lipinski definition) is 1. The highest BCUT2D eigenvalue weighted by atomic mass is 32.2. The third kappa shape index (κ3) is 2.91. The smallest absolute Gasteiger partial charge is 0.243 e. The first-order chi connectivity index (χ1) is 7.93. The molecule has 0 unspecified atom stereocenters. The van der Waals surface area contributed by atoms with Crippen molar-refractivity contribution in [1.82, 2.24) is 4.31 Å². The van der Waals surface area contributed by atoms with Crippen LogP contribution in [0, 0.1) is 5.82 Å². The zero-order valence-electron chi connectivity index (χ0n) is 9.43. The molecule has 0 fully saturated rings. The molecule has 0 aliphatic carbocycles. The first kappa shape index (κ1) is 13.8. The van der Waals surface area contributed by atoms with Crippen LogP contribution in [0.15, 0.2) is 35.7 Å². The molecule has 1 aromatic rings. The number of halogens is 1. The lowest BCUT2D eigenvalue weighted by Gasteiger charge is -2.15. The molecule has 0 heterocycles. The second-order valence-corrected chi connectivity index (χ2v) is 5.53. The quantitative estimate of drug-likeness (QED) is 0.806. The van der Waals surface area contributed by atoms with E-state index in [0.717, 1.165) is 16.4 Å². The van der Waals surface area contributed by atoms with Gasteiger partial charge in [0, 0.05) is 19.2 Å². The highest BCUT2D eigenvalue weighted by Gasteiger charge is 2.20. The van der Waals surface area contributed by atoms with Crippen LogP contribution in [-0.4, -0.2) is 31.4 Å². The number of hydrogen-bond acceptors (Lipinski definition) is 3. The van der Waals surface area contributed by atoms with Crippen LogP contribution in [-0.2, 0) is 16.6 Å². The summed E-state index contributed by atoms with van der Waals surface area (Å²) in [5, 5.41) is 8.89. The summed E-state index contributed by atoms with van der Waals surface area (Å²) in [6.07, 6.45) is 1.45. The van der Waals surface area contributed by atoms with Crippen molar-refractivity contribution < 1.29 is 17.9 Å². The van der Waals surface area contributed by atoms with Crippen molar-refractivity contribution in [3.8, 4) is 0 Å². The average molecular weight is 259 g/mol. The second kappa shape index (κ2) is 5.39. The first-order valence-corrected chi connectivity index (χ1v) is 6.34. The third-order valence-electron chi connectivity index (χ3n) is 2.28. The van der Waals surface area contributed by atoms with E-state index in [1.807, 2.05) is 0 Å². The van der Waals surface area contributed by atoms with Gasteiger partial charge in [-0.25, -0.2) is 12.8 Å². The minimum atomic E-state index is -3.67. The number of nitrogens with zero attached hydrogens (tertiary/aromatic N) is 1. The average Bonchev–Trinajstić information content (AvgIpc) is 2.29. The molecule has 0 saturated carbocycles. The van der Waals surface area contributed by atoms with Crippen molar-refractivity contribution in [2.24, 2.45) is 0 Å². The van der Waals surface area contributed by atoms with Crippen LogP contribution in [0.25, 0.3) is 0 Å². The van der Waals surface area contributed by atoms with E-state index >= 15 is 0 Å². The van der Waals surface area contributed by atoms with Crippen molar-refractivity contribution in [1.29, 1.82) is 0 Å². The third-order valence-corrected chi connectivity index (χ3v) is 4.10. The first-order valence-electron chi connectivity index (χ1n) is 4.90. The standard InChI is InChI=1S/C11H14FNO3S/c1-3-6-13(2)17(15,16)10-4-5-11(12)9(7-10)8-14/h3-5,7,14H,1,6,8H2,2H3. The van der Waals surface area contributed by atoms with Crippen molar-refractivity contribution in [3.05, 3.63) is 42.2 Å². The number of rotatable bonds is 5. The highest BCUT2D eigenvalue weighted by molar-refractivity contribution is 7.89. The lowest BCUT2D eigenvalue weighted by molar-refractivity contribution is 0.275. The Morgan fingerprint density at radius 1 is 1.53 bits per heavy atom. The van der Waals surface area contributed by atoms with Crippen LogP contribution in [0.2, 0.25) is 0 Å². The zero-order chi connectivity index (χ0) is 13.1. The summed E-state index contributed by atoms with van der Waals surface area (Å²) in [6.45, 7) is 3.07. The SMILES string of the molecule is C=CCN(C)S(=O)(=O)c1ccc(F)c(CO)c1. The summed E-state index contributed by atoms with van der Waals surface area (Å²) in [4.78, 5) is -0.0488. The molecule has 1 N–H and O–H groups in total. The molecular formula is C11H14FNO3S. The number of likely N-dealkylation sites (N-methyl/N-ethyl adjacent to an activating group) is 1. The van der Waals surface area contributed by atoms with E-state index in [-0.39, 0.29) is 17.0 Å². The fourth-order valence-corrected chi connectivity index (χ4v) is 2.49. The maximum absolute atomic E-state index is 13.1. The van der Waals surface area contributed by atoms with Gasteiger partial charge in [-0.2, -0.15) is 4.31 Å². The molecule has 0 amide bonds. The van der Waals surface area contributed by atoms with Gasteiger partial charge in [0.1, 0.15) is 5.82 Å². The summed E-state index contributed by atoms with van der Waals surface area (Å²) >= 11 is 0. The van der Waals surface area contributed by atoms with E-state index in [4.69, 9.17) is 5.11 Å². The van der Waals surface area contributed by atoms with E-state index in [9.17, 15) is 12.8 Å². The van der Waals surface area contributed by atoms with E-state index in [0.29, 0.717) is 0 Å². The van der Waals surface area contributed by atoms with Crippen molar-refractivity contribution in [3.63, 3.8) is 0 Å². The summed E-state index contributed by atoms with van der Waals surface area (Å²) in [6, 6.07) is 3.33. The van der Waals surface area contributed by atoms with Crippen LogP contribution >= 0.6 is 0 Å². The van der Waals surface area contributed by atoms with E-state index in [1.54, 1.807) is 0 Å². The lowest BCUT2D eigenvalue weighted by Crippen LogP contribution is -2.27. The molecule has 0 bridgehead atoms. The topological polar surface area (TPSA) is 57.6 Å². The predicted octanol–water partition coefficient (Wildman–Crippen LogP) is 1.12. The second-order valence-electron chi connectivity index (χ2n) is 3.49. The normalized spacial score (nSPS) is 11.8. The number of sulfonamides is 1. The van der Waals surface area contributed by atoms with Gasteiger partial charge in [0.25, 0.3) is 0 Å². The molecule has 0 aromatic heterocycles. The minimum Gasteiger partial charge on any atom is -0.392 e. The highest BCUT2D eigenvalue weighted by Crippen LogP contribution is 2.18. The minimum absolute atomic E-state index is 0.0434. The number of benzene rings is 1. The molecule has 4 nitrogen and oxygen atoms in total. The Morgan fingerprint density at radius 2 is 2.18 bits per heavy atom. The Bertz CT molecular complexity index is 513. The molecule has 0 aliphatic heterocycles. The molecule has 6 heteroatoms. The molecule has 1 aromatic carbocycles. The van der Waals surface area contributed by atoms with Crippen molar-refractivity contribution in [2.75, 3.05) is 13.6 Å². The number of aliphatic hydroxyl groups is 1. The van der Waals surface area contributed by atoms with Gasteiger partial charge in [-0.3, -0.25) is 0 Å². The summed E-state index contributed by atoms with van der Waals surface area (Å²) in [5.41, 5.74) is -0.0434. The monoisotopic (exact) mass is 259 g/mol. The Hall–Kier alpha value is -1.24. The van der Waals surface area contributed by atoms with Crippen molar-refractivity contribution >= 4 is 10.0 Å². The van der Waals surface area contributed by atoms with Crippen LogP contribution in [0.3, 0.4) is 0 Å². The lowest BCUT2D eigenvalue weighted by atomic mass is 10.2. The van der Waals surface area contributed by atoms with Gasteiger partial charge in [-0.15, -0.1) is 6.58 Å². The van der Waals surface area contributed by atoms with Crippen LogP contribution in [0.1, 0.15) is 5.56 Å². The van der Waals surface area contributed by atoms with Gasteiger partial charge >= 0.3 is 0 Å². The number of aliphatic hydroxyl groups excluding tert-OH is 1. The summed E-state index contributed by atoms with van der Waals surface area (Å²) in [5.74, 6) is -0.627. The predicted molar refractivity (Wildman–Crippen MR) is 62.3 cm³/mol. The molecule has 1 rings (SSSR count). The molecule has 0 radical (unpaired) electrons. The van der Waals surface area contributed by atoms with Gasteiger partial charge in [0.2, 0.25) is 10.0 Å². The zero-order valence-corrected chi connectivity index (χ0v) is 10.2. The molecule has 0 saturated heterocycles. The Labute approximate surface area is 100 Å². The van der Waals surface area contributed by atoms with E-state index in [1.165, 1.54) is 19.2 Å². The Balaban J connectivity index is 3.20. The molecular weight excluding hydrogens is 245 g/mol. The fraction of sp³-hybridized carbons (Fsp3) is 0.273. The van der Waals surface area contributed by atoms with Gasteiger partial charge < -0.3 is 5.11 Å². The molecule has 0 aliphatic rings. The van der Waals surface area contributed by atoms with Crippen LogP contribution in [0.4, 0.5) is 4.39 Å². The maximum atomic E-state index is 13.1. The Kier molecular flexibility index (Phi) is 4.39.